The highest BCUT2D eigenvalue weighted by Gasteiger charge is 2.18. The number of hydrogen-bond donors (Lipinski definition) is 2. The molecule has 0 saturated heterocycles. The zero-order chi connectivity index (χ0) is 18.4. The molecule has 0 radical (unpaired) electrons. The second kappa shape index (κ2) is 8.67. The van der Waals surface area contributed by atoms with E-state index in [9.17, 15) is 9.90 Å². The number of likely N-dealkylation sites (N-methyl/N-ethyl adjacent to an activating group) is 1. The van der Waals surface area contributed by atoms with Crippen molar-refractivity contribution >= 4 is 11.7 Å². The van der Waals surface area contributed by atoms with Crippen LogP contribution in [-0.4, -0.2) is 29.1 Å². The van der Waals surface area contributed by atoms with Crippen LogP contribution in [0.2, 0.25) is 0 Å². The van der Waals surface area contributed by atoms with Crippen LogP contribution in [-0.2, 0) is 6.42 Å². The smallest absolute Gasteiger partial charge is 0.321 e. The molecule has 0 fully saturated rings. The van der Waals surface area contributed by atoms with E-state index in [1.807, 2.05) is 63.2 Å². The monoisotopic (exact) mass is 340 g/mol. The fraction of sp³-hybridized carbons (Fsp3) is 0.381. The summed E-state index contributed by atoms with van der Waals surface area (Å²) in [5.74, 6) is 0. The van der Waals surface area contributed by atoms with Crippen molar-refractivity contribution in [1.29, 1.82) is 0 Å². The summed E-state index contributed by atoms with van der Waals surface area (Å²) in [7, 11) is 0. The molecule has 134 valence electrons. The Balaban J connectivity index is 2.10. The maximum Gasteiger partial charge on any atom is 0.321 e. The molecular formula is C21H28N2O2. The van der Waals surface area contributed by atoms with Crippen molar-refractivity contribution in [2.75, 3.05) is 18.4 Å². The summed E-state index contributed by atoms with van der Waals surface area (Å²) in [5.41, 5.74) is 5.00. The highest BCUT2D eigenvalue weighted by molar-refractivity contribution is 5.91. The Bertz CT molecular complexity index is 710. The van der Waals surface area contributed by atoms with Crippen LogP contribution in [0.1, 0.15) is 42.2 Å². The van der Waals surface area contributed by atoms with Crippen LogP contribution < -0.4 is 5.32 Å². The number of rotatable bonds is 6. The van der Waals surface area contributed by atoms with Crippen LogP contribution >= 0.6 is 0 Å². The number of aliphatic hydroxyl groups is 1. The van der Waals surface area contributed by atoms with Crippen LogP contribution in [0.3, 0.4) is 0 Å². The lowest BCUT2D eigenvalue weighted by Crippen LogP contribution is -2.38. The maximum atomic E-state index is 12.7. The van der Waals surface area contributed by atoms with Crippen molar-refractivity contribution in [3.05, 3.63) is 64.7 Å². The third-order valence-electron chi connectivity index (χ3n) is 4.50. The molecule has 0 heterocycles. The molecule has 2 aromatic carbocycles. The van der Waals surface area contributed by atoms with Crippen LogP contribution in [0.15, 0.2) is 42.5 Å². The van der Waals surface area contributed by atoms with Crippen molar-refractivity contribution < 1.29 is 9.90 Å². The van der Waals surface area contributed by atoms with E-state index in [2.05, 4.69) is 12.2 Å². The Morgan fingerprint density at radius 1 is 1.12 bits per heavy atom. The summed E-state index contributed by atoms with van der Waals surface area (Å²) < 4.78 is 0. The Morgan fingerprint density at radius 3 is 2.40 bits per heavy atom. The third-order valence-corrected chi connectivity index (χ3v) is 4.50. The van der Waals surface area contributed by atoms with E-state index in [-0.39, 0.29) is 12.6 Å². The number of anilines is 1. The number of nitrogens with zero attached hydrogens (tertiary/aromatic N) is 1. The van der Waals surface area contributed by atoms with Crippen LogP contribution in [0.5, 0.6) is 0 Å². The minimum atomic E-state index is -0.700. The average Bonchev–Trinajstić information content (AvgIpc) is 2.61. The Labute approximate surface area is 150 Å². The minimum Gasteiger partial charge on any atom is -0.387 e. The van der Waals surface area contributed by atoms with Crippen molar-refractivity contribution in [2.45, 2.75) is 40.2 Å². The van der Waals surface area contributed by atoms with Gasteiger partial charge in [0.05, 0.1) is 12.6 Å². The summed E-state index contributed by atoms with van der Waals surface area (Å²) in [6, 6.07) is 13.6. The number of urea groups is 1. The first-order valence-electron chi connectivity index (χ1n) is 8.85. The van der Waals surface area contributed by atoms with Gasteiger partial charge in [0.15, 0.2) is 0 Å². The van der Waals surface area contributed by atoms with Gasteiger partial charge < -0.3 is 15.3 Å². The number of amides is 2. The zero-order valence-electron chi connectivity index (χ0n) is 15.5. The first-order valence-corrected chi connectivity index (χ1v) is 8.85. The van der Waals surface area contributed by atoms with Crippen LogP contribution in [0.4, 0.5) is 10.5 Å². The Morgan fingerprint density at radius 2 is 1.80 bits per heavy atom. The first kappa shape index (κ1) is 19.0. The molecule has 4 nitrogen and oxygen atoms in total. The van der Waals surface area contributed by atoms with Gasteiger partial charge >= 0.3 is 6.03 Å². The number of aryl methyl sites for hydroxylation is 3. The van der Waals surface area contributed by atoms with Gasteiger partial charge in [-0.3, -0.25) is 0 Å². The van der Waals surface area contributed by atoms with Gasteiger partial charge in [0, 0.05) is 12.2 Å². The summed E-state index contributed by atoms with van der Waals surface area (Å²) in [6.07, 6.45) is 0.156. The molecule has 2 amide bonds. The number of carbonyl (C=O) groups is 1. The average molecular weight is 340 g/mol. The van der Waals surface area contributed by atoms with Crippen molar-refractivity contribution in [3.63, 3.8) is 0 Å². The molecule has 2 aromatic rings. The van der Waals surface area contributed by atoms with Gasteiger partial charge in [-0.1, -0.05) is 55.0 Å². The highest BCUT2D eigenvalue weighted by atomic mass is 16.3. The second-order valence-electron chi connectivity index (χ2n) is 6.36. The predicted octanol–water partition coefficient (Wildman–Crippen LogP) is 4.45. The zero-order valence-corrected chi connectivity index (χ0v) is 15.5. The van der Waals surface area contributed by atoms with Gasteiger partial charge in [-0.2, -0.15) is 0 Å². The highest BCUT2D eigenvalue weighted by Crippen LogP contribution is 2.22. The second-order valence-corrected chi connectivity index (χ2v) is 6.36. The largest absolute Gasteiger partial charge is 0.387 e. The van der Waals surface area contributed by atoms with Crippen molar-refractivity contribution in [1.82, 2.24) is 4.90 Å². The predicted molar refractivity (Wildman–Crippen MR) is 103 cm³/mol. The van der Waals surface area contributed by atoms with Crippen molar-refractivity contribution in [3.8, 4) is 0 Å². The number of aliphatic hydroxyl groups excluding tert-OH is 1. The molecule has 2 N–H and O–H groups in total. The molecule has 4 heteroatoms. The maximum absolute atomic E-state index is 12.7. The molecule has 2 rings (SSSR count). The summed E-state index contributed by atoms with van der Waals surface area (Å²) >= 11 is 0. The molecule has 0 aliphatic rings. The van der Waals surface area contributed by atoms with Gasteiger partial charge in [0.25, 0.3) is 0 Å². The number of carbonyl (C=O) groups excluding carboxylic acids is 1. The molecule has 0 aromatic heterocycles. The van der Waals surface area contributed by atoms with Gasteiger partial charge in [-0.05, 0) is 43.9 Å². The van der Waals surface area contributed by atoms with Gasteiger partial charge in [0.1, 0.15) is 0 Å². The molecule has 1 atom stereocenters. The van der Waals surface area contributed by atoms with Crippen LogP contribution in [0.25, 0.3) is 0 Å². The summed E-state index contributed by atoms with van der Waals surface area (Å²) in [5, 5.41) is 13.5. The van der Waals surface area contributed by atoms with Crippen molar-refractivity contribution in [2.24, 2.45) is 0 Å². The Kier molecular flexibility index (Phi) is 6.59. The fourth-order valence-corrected chi connectivity index (χ4v) is 2.85. The molecule has 0 spiro atoms. The molecule has 0 bridgehead atoms. The molecule has 0 aliphatic heterocycles. The molecule has 1 unspecified atom stereocenters. The number of para-hydroxylation sites is 1. The van der Waals surface area contributed by atoms with Gasteiger partial charge in [-0.25, -0.2) is 4.79 Å². The third kappa shape index (κ3) is 4.83. The van der Waals surface area contributed by atoms with Crippen LogP contribution in [0, 0.1) is 13.8 Å². The van der Waals surface area contributed by atoms with Gasteiger partial charge in [0.2, 0.25) is 0 Å². The molecular weight excluding hydrogens is 312 g/mol. The molecule has 25 heavy (non-hydrogen) atoms. The number of benzene rings is 2. The Hall–Kier alpha value is -2.33. The summed E-state index contributed by atoms with van der Waals surface area (Å²) in [4.78, 5) is 14.3. The lowest BCUT2D eigenvalue weighted by atomic mass is 10.1. The SMILES string of the molecule is CCc1cccc(C)c1NC(=O)N(CC)CC(O)c1ccc(C)cc1. The van der Waals surface area contributed by atoms with E-state index in [0.717, 1.165) is 34.4 Å². The number of nitrogens with one attached hydrogen (secondary N) is 1. The topological polar surface area (TPSA) is 52.6 Å². The lowest BCUT2D eigenvalue weighted by Gasteiger charge is -2.25. The lowest BCUT2D eigenvalue weighted by molar-refractivity contribution is 0.128. The molecule has 0 saturated carbocycles. The summed E-state index contributed by atoms with van der Waals surface area (Å²) in [6.45, 7) is 8.78. The van der Waals surface area contributed by atoms with E-state index < -0.39 is 6.10 Å². The van der Waals surface area contributed by atoms with Gasteiger partial charge in [-0.15, -0.1) is 0 Å². The number of hydrogen-bond acceptors (Lipinski definition) is 2. The molecule has 0 aliphatic carbocycles. The van der Waals surface area contributed by atoms with E-state index in [0.29, 0.717) is 6.54 Å². The quantitative estimate of drug-likeness (QED) is 0.816. The van der Waals surface area contributed by atoms with E-state index >= 15 is 0 Å². The normalized spacial score (nSPS) is 11.9. The van der Waals surface area contributed by atoms with E-state index in [1.54, 1.807) is 4.90 Å². The minimum absolute atomic E-state index is 0.183. The van der Waals surface area contributed by atoms with E-state index in [1.165, 1.54) is 0 Å². The first-order chi connectivity index (χ1) is 12.0. The van der Waals surface area contributed by atoms with E-state index in [4.69, 9.17) is 0 Å². The standard InChI is InChI=1S/C21H28N2O2/c1-5-17-9-7-8-16(4)20(17)22-21(25)23(6-2)14-19(24)18-12-10-15(3)11-13-18/h7-13,19,24H,5-6,14H2,1-4H3,(H,22,25). The fourth-order valence-electron chi connectivity index (χ4n) is 2.85.